The lowest BCUT2D eigenvalue weighted by molar-refractivity contribution is -0.138. The maximum atomic E-state index is 13.3. The topological polar surface area (TPSA) is 82.6 Å². The SMILES string of the molecule is Cc1cccc(C)c1N1CC(C(=O)Nc2ccc(C3CCN(C(=O)c4ccncc4C(F)(F)F)CC3)cc2)CC1=O. The van der Waals surface area contributed by atoms with Crippen LogP contribution < -0.4 is 10.2 Å². The van der Waals surface area contributed by atoms with Crippen LogP contribution in [0.2, 0.25) is 0 Å². The molecular formula is C31H31F3N4O3. The molecule has 1 aromatic heterocycles. The Morgan fingerprint density at radius 2 is 1.63 bits per heavy atom. The Kier molecular flexibility index (Phi) is 7.84. The fraction of sp³-hybridized carbons (Fsp3) is 0.355. The number of benzene rings is 2. The van der Waals surface area contributed by atoms with E-state index in [-0.39, 0.29) is 29.7 Å². The smallest absolute Gasteiger partial charge is 0.339 e. The van der Waals surface area contributed by atoms with Crippen molar-refractivity contribution in [2.45, 2.75) is 45.2 Å². The van der Waals surface area contributed by atoms with Crippen LogP contribution in [0, 0.1) is 19.8 Å². The molecule has 0 bridgehead atoms. The number of alkyl halides is 3. The van der Waals surface area contributed by atoms with Crippen LogP contribution in [0.3, 0.4) is 0 Å². The first-order valence-electron chi connectivity index (χ1n) is 13.6. The third-order valence-electron chi connectivity index (χ3n) is 7.99. The minimum Gasteiger partial charge on any atom is -0.339 e. The van der Waals surface area contributed by atoms with E-state index >= 15 is 0 Å². The molecule has 1 atom stereocenters. The minimum atomic E-state index is -4.65. The average molecular weight is 565 g/mol. The third-order valence-corrected chi connectivity index (χ3v) is 7.99. The maximum Gasteiger partial charge on any atom is 0.418 e. The number of piperidine rings is 1. The number of pyridine rings is 1. The molecule has 1 N–H and O–H groups in total. The van der Waals surface area contributed by atoms with E-state index in [4.69, 9.17) is 0 Å². The fourth-order valence-corrected chi connectivity index (χ4v) is 5.81. The zero-order chi connectivity index (χ0) is 29.3. The monoisotopic (exact) mass is 564 g/mol. The molecule has 10 heteroatoms. The second-order valence-electron chi connectivity index (χ2n) is 10.7. The Morgan fingerprint density at radius 3 is 2.27 bits per heavy atom. The number of likely N-dealkylation sites (tertiary alicyclic amines) is 1. The van der Waals surface area contributed by atoms with Gasteiger partial charge in [0, 0.05) is 49.8 Å². The molecule has 3 heterocycles. The summed E-state index contributed by atoms with van der Waals surface area (Å²) in [5.74, 6) is -1.23. The van der Waals surface area contributed by atoms with E-state index in [2.05, 4.69) is 10.3 Å². The number of halogens is 3. The highest BCUT2D eigenvalue weighted by Crippen LogP contribution is 2.35. The zero-order valence-electron chi connectivity index (χ0n) is 22.9. The molecule has 2 aromatic carbocycles. The van der Waals surface area contributed by atoms with Crippen molar-refractivity contribution in [1.82, 2.24) is 9.88 Å². The lowest BCUT2D eigenvalue weighted by Crippen LogP contribution is -2.38. The van der Waals surface area contributed by atoms with E-state index in [0.717, 1.165) is 28.4 Å². The largest absolute Gasteiger partial charge is 0.418 e. The molecule has 2 fully saturated rings. The molecule has 3 amide bonds. The summed E-state index contributed by atoms with van der Waals surface area (Å²) in [6.07, 6.45) is -1.39. The van der Waals surface area contributed by atoms with Gasteiger partial charge in [0.15, 0.2) is 0 Å². The van der Waals surface area contributed by atoms with Crippen LogP contribution in [-0.2, 0) is 15.8 Å². The zero-order valence-corrected chi connectivity index (χ0v) is 22.9. The number of para-hydroxylation sites is 1. The van der Waals surface area contributed by atoms with Crippen LogP contribution in [0.5, 0.6) is 0 Å². The molecule has 0 spiro atoms. The highest BCUT2D eigenvalue weighted by atomic mass is 19.4. The summed E-state index contributed by atoms with van der Waals surface area (Å²) in [4.78, 5) is 45.3. The molecule has 5 rings (SSSR count). The highest BCUT2D eigenvalue weighted by molar-refractivity contribution is 6.04. The average Bonchev–Trinajstić information content (AvgIpc) is 3.34. The fourth-order valence-electron chi connectivity index (χ4n) is 5.81. The molecule has 3 aromatic rings. The number of carbonyl (C=O) groups is 3. The Morgan fingerprint density at radius 1 is 0.976 bits per heavy atom. The van der Waals surface area contributed by atoms with Gasteiger partial charge in [0.25, 0.3) is 5.91 Å². The second-order valence-corrected chi connectivity index (χ2v) is 10.7. The number of nitrogens with one attached hydrogen (secondary N) is 1. The highest BCUT2D eigenvalue weighted by Gasteiger charge is 2.38. The van der Waals surface area contributed by atoms with Gasteiger partial charge in [-0.05, 0) is 67.5 Å². The van der Waals surface area contributed by atoms with Crippen LogP contribution in [0.25, 0.3) is 0 Å². The Labute approximate surface area is 236 Å². The molecule has 0 aliphatic carbocycles. The van der Waals surface area contributed by atoms with Gasteiger partial charge in [-0.1, -0.05) is 30.3 Å². The standard InChI is InChI=1S/C31H31F3N4O3/c1-19-4-3-5-20(2)28(19)38-18-23(16-27(38)39)29(40)36-24-8-6-21(7-9-24)22-11-14-37(15-12-22)30(41)25-10-13-35-17-26(25)31(32,33)34/h3-10,13,17,22-23H,11-12,14-16,18H2,1-2H3,(H,36,40). The summed E-state index contributed by atoms with van der Waals surface area (Å²) < 4.78 is 40.0. The summed E-state index contributed by atoms with van der Waals surface area (Å²) in [5.41, 5.74) is 3.11. The summed E-state index contributed by atoms with van der Waals surface area (Å²) in [7, 11) is 0. The second kappa shape index (κ2) is 11.3. The number of rotatable bonds is 5. The number of nitrogens with zero attached hydrogens (tertiary/aromatic N) is 3. The Balaban J connectivity index is 1.17. The summed E-state index contributed by atoms with van der Waals surface area (Å²) in [6.45, 7) is 4.92. The van der Waals surface area contributed by atoms with Crippen LogP contribution in [0.4, 0.5) is 24.5 Å². The van der Waals surface area contributed by atoms with Gasteiger partial charge < -0.3 is 15.1 Å². The minimum absolute atomic E-state index is 0.0683. The normalized spacial score (nSPS) is 18.1. The van der Waals surface area contributed by atoms with E-state index in [1.807, 2.05) is 56.3 Å². The number of hydrogen-bond donors (Lipinski definition) is 1. The molecule has 1 unspecified atom stereocenters. The number of hydrogen-bond acceptors (Lipinski definition) is 4. The molecule has 7 nitrogen and oxygen atoms in total. The van der Waals surface area contributed by atoms with Crippen molar-refractivity contribution < 1.29 is 27.6 Å². The van der Waals surface area contributed by atoms with Crippen molar-refractivity contribution in [2.75, 3.05) is 29.9 Å². The molecule has 2 aliphatic heterocycles. The number of anilines is 2. The molecule has 0 saturated carbocycles. The number of carbonyl (C=O) groups excluding carboxylic acids is 3. The van der Waals surface area contributed by atoms with Crippen LogP contribution >= 0.6 is 0 Å². The van der Waals surface area contributed by atoms with Gasteiger partial charge >= 0.3 is 6.18 Å². The first-order valence-corrected chi connectivity index (χ1v) is 13.6. The van der Waals surface area contributed by atoms with E-state index < -0.39 is 23.6 Å². The predicted molar refractivity (Wildman–Crippen MR) is 149 cm³/mol. The van der Waals surface area contributed by atoms with E-state index in [1.165, 1.54) is 11.1 Å². The summed E-state index contributed by atoms with van der Waals surface area (Å²) >= 11 is 0. The lowest BCUT2D eigenvalue weighted by Gasteiger charge is -2.32. The Hall–Kier alpha value is -4.21. The molecule has 41 heavy (non-hydrogen) atoms. The maximum absolute atomic E-state index is 13.3. The van der Waals surface area contributed by atoms with Gasteiger partial charge in [-0.15, -0.1) is 0 Å². The van der Waals surface area contributed by atoms with Crippen molar-refractivity contribution in [3.63, 3.8) is 0 Å². The van der Waals surface area contributed by atoms with Crippen molar-refractivity contribution >= 4 is 29.1 Å². The third kappa shape index (κ3) is 5.96. The first kappa shape index (κ1) is 28.3. The van der Waals surface area contributed by atoms with Crippen molar-refractivity contribution in [3.05, 3.63) is 88.7 Å². The van der Waals surface area contributed by atoms with Crippen LogP contribution in [0.15, 0.2) is 60.9 Å². The Bertz CT molecular complexity index is 1440. The summed E-state index contributed by atoms with van der Waals surface area (Å²) in [5, 5.41) is 2.93. The van der Waals surface area contributed by atoms with Crippen LogP contribution in [-0.4, -0.2) is 47.2 Å². The van der Waals surface area contributed by atoms with Crippen molar-refractivity contribution in [1.29, 1.82) is 0 Å². The van der Waals surface area contributed by atoms with Gasteiger partial charge in [-0.2, -0.15) is 13.2 Å². The molecule has 0 radical (unpaired) electrons. The summed E-state index contributed by atoms with van der Waals surface area (Å²) in [6, 6.07) is 14.5. The van der Waals surface area contributed by atoms with Gasteiger partial charge in [-0.25, -0.2) is 0 Å². The van der Waals surface area contributed by atoms with E-state index in [1.54, 1.807) is 4.90 Å². The van der Waals surface area contributed by atoms with E-state index in [0.29, 0.717) is 44.4 Å². The lowest BCUT2D eigenvalue weighted by atomic mass is 9.89. The van der Waals surface area contributed by atoms with Crippen LogP contribution in [0.1, 0.15) is 57.8 Å². The number of aromatic nitrogens is 1. The predicted octanol–water partition coefficient (Wildman–Crippen LogP) is 5.73. The van der Waals surface area contributed by atoms with Gasteiger partial charge in [-0.3, -0.25) is 19.4 Å². The van der Waals surface area contributed by atoms with Gasteiger partial charge in [0.1, 0.15) is 0 Å². The van der Waals surface area contributed by atoms with Gasteiger partial charge in [0.2, 0.25) is 11.8 Å². The van der Waals surface area contributed by atoms with Crippen molar-refractivity contribution in [2.24, 2.45) is 5.92 Å². The van der Waals surface area contributed by atoms with E-state index in [9.17, 15) is 27.6 Å². The van der Waals surface area contributed by atoms with Crippen molar-refractivity contribution in [3.8, 4) is 0 Å². The first-order chi connectivity index (χ1) is 19.5. The van der Waals surface area contributed by atoms with Gasteiger partial charge in [0.05, 0.1) is 17.0 Å². The molecule has 214 valence electrons. The molecular weight excluding hydrogens is 533 g/mol. The number of amides is 3. The molecule has 2 saturated heterocycles. The number of aryl methyl sites for hydroxylation is 2. The molecule has 2 aliphatic rings. The quantitative estimate of drug-likeness (QED) is 0.429.